The van der Waals surface area contributed by atoms with Crippen LogP contribution in [0.15, 0.2) is 109 Å². The molecule has 138 valence electrons. The third-order valence-electron chi connectivity index (χ3n) is 2.85. The van der Waals surface area contributed by atoms with E-state index in [-0.39, 0.29) is 21.7 Å². The van der Waals surface area contributed by atoms with Crippen molar-refractivity contribution in [3.63, 3.8) is 0 Å². The topological polar surface area (TPSA) is 60.7 Å². The SMILES string of the molecule is Oc1ccccc1.Oc1ccccc1.Oc1ccccc1.[C-]1=CC=CC1.[Ti]. The van der Waals surface area contributed by atoms with Gasteiger partial charge in [0.1, 0.15) is 17.2 Å². The van der Waals surface area contributed by atoms with Crippen LogP contribution in [-0.4, -0.2) is 15.3 Å². The molecular weight excluding hydrogens is 372 g/mol. The van der Waals surface area contributed by atoms with E-state index in [1.165, 1.54) is 0 Å². The van der Waals surface area contributed by atoms with E-state index < -0.39 is 0 Å². The average Bonchev–Trinajstić information content (AvgIpc) is 3.25. The van der Waals surface area contributed by atoms with Gasteiger partial charge in [0.15, 0.2) is 0 Å². The molecule has 1 aliphatic carbocycles. The third kappa shape index (κ3) is 15.2. The Hall–Kier alpha value is -2.75. The van der Waals surface area contributed by atoms with Crippen LogP contribution in [0.25, 0.3) is 0 Å². The van der Waals surface area contributed by atoms with Crippen LogP contribution < -0.4 is 0 Å². The van der Waals surface area contributed by atoms with E-state index in [1.54, 1.807) is 72.8 Å². The second-order valence-electron chi connectivity index (χ2n) is 5.01. The number of aromatic hydroxyl groups is 3. The summed E-state index contributed by atoms with van der Waals surface area (Å²) < 4.78 is 0. The van der Waals surface area contributed by atoms with Crippen LogP contribution in [0.4, 0.5) is 0 Å². The number of phenolic OH excluding ortho intramolecular Hbond substituents is 3. The maximum atomic E-state index is 8.63. The monoisotopic (exact) mass is 395 g/mol. The van der Waals surface area contributed by atoms with Gasteiger partial charge in [0.25, 0.3) is 0 Å². The molecule has 0 unspecified atom stereocenters. The Bertz CT molecular complexity index is 643. The Balaban J connectivity index is 0.000000332. The van der Waals surface area contributed by atoms with Gasteiger partial charge in [-0.1, -0.05) is 54.6 Å². The zero-order valence-corrected chi connectivity index (χ0v) is 16.5. The quantitative estimate of drug-likeness (QED) is 0.349. The van der Waals surface area contributed by atoms with E-state index in [1.807, 2.05) is 30.4 Å². The molecule has 3 N–H and O–H groups in total. The van der Waals surface area contributed by atoms with Gasteiger partial charge in [-0.2, -0.15) is 6.08 Å². The van der Waals surface area contributed by atoms with E-state index in [2.05, 4.69) is 12.2 Å². The Morgan fingerprint density at radius 1 is 0.556 bits per heavy atom. The summed E-state index contributed by atoms with van der Waals surface area (Å²) in [5, 5.41) is 25.9. The van der Waals surface area contributed by atoms with Gasteiger partial charge >= 0.3 is 0 Å². The Kier molecular flexibility index (Phi) is 15.0. The molecule has 4 heteroatoms. The zero-order valence-electron chi connectivity index (χ0n) is 14.9. The number of rotatable bonds is 0. The van der Waals surface area contributed by atoms with Crippen molar-refractivity contribution >= 4 is 0 Å². The zero-order chi connectivity index (χ0) is 18.9. The molecule has 3 aromatic carbocycles. The Morgan fingerprint density at radius 3 is 1.00 bits per heavy atom. The standard InChI is InChI=1S/3C6H6O.C5H5.Ti/c3*7-6-4-2-1-3-5-6;1-2-4-5-3-1;/h3*1-5,7H;1-3H,4H2;/q;;;-1;. The van der Waals surface area contributed by atoms with Crippen molar-refractivity contribution in [1.29, 1.82) is 0 Å². The third-order valence-corrected chi connectivity index (χ3v) is 2.85. The number of hydrogen-bond acceptors (Lipinski definition) is 3. The second kappa shape index (κ2) is 16.7. The molecule has 0 aromatic heterocycles. The smallest absolute Gasteiger partial charge is 0.115 e. The van der Waals surface area contributed by atoms with Crippen molar-refractivity contribution in [2.24, 2.45) is 0 Å². The van der Waals surface area contributed by atoms with Crippen LogP contribution in [0, 0.1) is 6.08 Å². The second-order valence-corrected chi connectivity index (χ2v) is 5.01. The summed E-state index contributed by atoms with van der Waals surface area (Å²) >= 11 is 0. The minimum absolute atomic E-state index is 0. The summed E-state index contributed by atoms with van der Waals surface area (Å²) in [7, 11) is 0. The normalized spacial score (nSPS) is 9.93. The molecule has 0 amide bonds. The van der Waals surface area contributed by atoms with E-state index in [9.17, 15) is 0 Å². The van der Waals surface area contributed by atoms with Crippen molar-refractivity contribution < 1.29 is 37.0 Å². The summed E-state index contributed by atoms with van der Waals surface area (Å²) in [6, 6.07) is 26.1. The van der Waals surface area contributed by atoms with Crippen LogP contribution in [0.1, 0.15) is 6.42 Å². The number of allylic oxidation sites excluding steroid dienone is 4. The molecule has 4 rings (SSSR count). The summed E-state index contributed by atoms with van der Waals surface area (Å²) in [6.07, 6.45) is 10.0. The van der Waals surface area contributed by atoms with Crippen LogP contribution in [0.5, 0.6) is 17.2 Å². The van der Waals surface area contributed by atoms with Gasteiger partial charge in [-0.3, -0.25) is 6.08 Å². The molecule has 0 heterocycles. The fourth-order valence-electron chi connectivity index (χ4n) is 1.62. The molecule has 0 atom stereocenters. The van der Waals surface area contributed by atoms with Crippen LogP contribution in [0.2, 0.25) is 0 Å². The first-order chi connectivity index (χ1) is 12.7. The minimum Gasteiger partial charge on any atom is -0.508 e. The number of benzene rings is 3. The van der Waals surface area contributed by atoms with E-state index in [0.29, 0.717) is 17.2 Å². The molecule has 1 aliphatic rings. The molecule has 0 spiro atoms. The van der Waals surface area contributed by atoms with Crippen LogP contribution >= 0.6 is 0 Å². The van der Waals surface area contributed by atoms with Crippen LogP contribution in [0.3, 0.4) is 0 Å². The maximum Gasteiger partial charge on any atom is 0.115 e. The summed E-state index contributed by atoms with van der Waals surface area (Å²) in [5.74, 6) is 0.965. The Morgan fingerprint density at radius 2 is 0.889 bits per heavy atom. The molecule has 0 aliphatic heterocycles. The fourth-order valence-corrected chi connectivity index (χ4v) is 1.62. The first kappa shape index (κ1) is 24.3. The molecule has 3 nitrogen and oxygen atoms in total. The molecule has 27 heavy (non-hydrogen) atoms. The maximum absolute atomic E-state index is 8.63. The van der Waals surface area contributed by atoms with Crippen molar-refractivity contribution in [2.75, 3.05) is 0 Å². The van der Waals surface area contributed by atoms with Crippen LogP contribution in [-0.2, 0) is 21.7 Å². The predicted octanol–water partition coefficient (Wildman–Crippen LogP) is 5.48. The molecule has 0 saturated carbocycles. The van der Waals surface area contributed by atoms with Crippen molar-refractivity contribution in [3.8, 4) is 17.2 Å². The first-order valence-corrected chi connectivity index (χ1v) is 8.12. The van der Waals surface area contributed by atoms with Crippen molar-refractivity contribution in [1.82, 2.24) is 0 Å². The summed E-state index contributed by atoms with van der Waals surface area (Å²) in [5.41, 5.74) is 0. The van der Waals surface area contributed by atoms with Crippen molar-refractivity contribution in [2.45, 2.75) is 6.42 Å². The predicted molar refractivity (Wildman–Crippen MR) is 106 cm³/mol. The molecule has 0 radical (unpaired) electrons. The fraction of sp³-hybridized carbons (Fsp3) is 0.0435. The number of hydrogen-bond donors (Lipinski definition) is 3. The van der Waals surface area contributed by atoms with Gasteiger partial charge in [-0.05, 0) is 36.4 Å². The molecule has 0 bridgehead atoms. The van der Waals surface area contributed by atoms with E-state index in [0.717, 1.165) is 6.42 Å². The molecular formula is C23H23O3Ti-. The summed E-state index contributed by atoms with van der Waals surface area (Å²) in [4.78, 5) is 0. The number of phenols is 3. The van der Waals surface area contributed by atoms with E-state index in [4.69, 9.17) is 15.3 Å². The van der Waals surface area contributed by atoms with Gasteiger partial charge in [0.05, 0.1) is 0 Å². The first-order valence-electron chi connectivity index (χ1n) is 8.12. The van der Waals surface area contributed by atoms with Gasteiger partial charge < -0.3 is 15.3 Å². The van der Waals surface area contributed by atoms with Gasteiger partial charge in [0.2, 0.25) is 0 Å². The van der Waals surface area contributed by atoms with E-state index >= 15 is 0 Å². The molecule has 3 aromatic rings. The molecule has 0 fully saturated rings. The van der Waals surface area contributed by atoms with Crippen molar-refractivity contribution in [3.05, 3.63) is 115 Å². The molecule has 0 saturated heterocycles. The average molecular weight is 395 g/mol. The van der Waals surface area contributed by atoms with Gasteiger partial charge in [-0.15, -0.1) is 6.42 Å². The Labute approximate surface area is 175 Å². The number of para-hydroxylation sites is 3. The minimum atomic E-state index is 0. The summed E-state index contributed by atoms with van der Waals surface area (Å²) in [6.45, 7) is 0. The van der Waals surface area contributed by atoms with Gasteiger partial charge in [0, 0.05) is 21.7 Å². The largest absolute Gasteiger partial charge is 0.508 e. The van der Waals surface area contributed by atoms with Gasteiger partial charge in [-0.25, -0.2) is 12.2 Å².